The van der Waals surface area contributed by atoms with Crippen LogP contribution in [0.3, 0.4) is 0 Å². The van der Waals surface area contributed by atoms with Crippen LogP contribution in [0.2, 0.25) is 0 Å². The minimum absolute atomic E-state index is 0.0282. The van der Waals surface area contributed by atoms with Gasteiger partial charge in [-0.1, -0.05) is 12.5 Å². The molecule has 1 aliphatic rings. The third-order valence-corrected chi connectivity index (χ3v) is 3.76. The Morgan fingerprint density at radius 3 is 3.00 bits per heavy atom. The molecule has 1 fully saturated rings. The van der Waals surface area contributed by atoms with Crippen molar-refractivity contribution in [1.82, 2.24) is 5.32 Å². The number of carbonyl (C=O) groups is 1. The first-order valence-corrected chi connectivity index (χ1v) is 7.27. The summed E-state index contributed by atoms with van der Waals surface area (Å²) in [6, 6.07) is 7.54. The normalized spacial score (nSPS) is 21.7. The highest BCUT2D eigenvalue weighted by molar-refractivity contribution is 5.94. The van der Waals surface area contributed by atoms with Crippen molar-refractivity contribution < 1.29 is 14.3 Å². The molecular weight excluding hydrogens is 254 g/mol. The Balaban J connectivity index is 1.98. The van der Waals surface area contributed by atoms with Crippen molar-refractivity contribution >= 4 is 5.91 Å². The quantitative estimate of drug-likeness (QED) is 0.869. The van der Waals surface area contributed by atoms with E-state index in [1.165, 1.54) is 0 Å². The highest BCUT2D eigenvalue weighted by Crippen LogP contribution is 2.26. The molecular formula is C16H23NO3. The summed E-state index contributed by atoms with van der Waals surface area (Å²) in [4.78, 5) is 12.3. The summed E-state index contributed by atoms with van der Waals surface area (Å²) >= 11 is 0. The minimum Gasteiger partial charge on any atom is -0.494 e. The highest BCUT2D eigenvalue weighted by atomic mass is 16.5. The maximum absolute atomic E-state index is 12.3. The number of carbonyl (C=O) groups excluding carboxylic acids is 1. The standard InChI is InChI=1S/C16H23NO3/c1-3-20-14-8-4-6-12(10-14)16(18)17-15-9-5-7-13(15)11-19-2/h4,6,8,10,13,15H,3,5,7,9,11H2,1-2H3,(H,17,18)/t13-,15-/m0/s1. The first-order valence-electron chi connectivity index (χ1n) is 7.27. The van der Waals surface area contributed by atoms with Gasteiger partial charge in [-0.3, -0.25) is 4.79 Å². The minimum atomic E-state index is -0.0282. The first-order chi connectivity index (χ1) is 9.74. The predicted octanol–water partition coefficient (Wildman–Crippen LogP) is 2.63. The van der Waals surface area contributed by atoms with Crippen molar-refractivity contribution in [2.24, 2.45) is 5.92 Å². The van der Waals surface area contributed by atoms with E-state index in [0.29, 0.717) is 24.7 Å². The van der Waals surface area contributed by atoms with Gasteiger partial charge >= 0.3 is 0 Å². The summed E-state index contributed by atoms with van der Waals surface area (Å²) < 4.78 is 10.6. The number of nitrogens with one attached hydrogen (secondary N) is 1. The van der Waals surface area contributed by atoms with Crippen molar-refractivity contribution in [3.8, 4) is 5.75 Å². The molecule has 0 bridgehead atoms. The number of hydrogen-bond donors (Lipinski definition) is 1. The molecule has 4 heteroatoms. The van der Waals surface area contributed by atoms with Gasteiger partial charge in [0.1, 0.15) is 5.75 Å². The van der Waals surface area contributed by atoms with E-state index in [1.807, 2.05) is 25.1 Å². The van der Waals surface area contributed by atoms with Crippen molar-refractivity contribution in [3.63, 3.8) is 0 Å². The molecule has 0 radical (unpaired) electrons. The van der Waals surface area contributed by atoms with Crippen LogP contribution in [0.25, 0.3) is 0 Å². The van der Waals surface area contributed by atoms with Gasteiger partial charge in [0.2, 0.25) is 0 Å². The van der Waals surface area contributed by atoms with Crippen molar-refractivity contribution in [1.29, 1.82) is 0 Å². The number of rotatable bonds is 6. The Hall–Kier alpha value is -1.55. The Bertz CT molecular complexity index is 447. The first kappa shape index (κ1) is 14.9. The van der Waals surface area contributed by atoms with Crippen LogP contribution in [0.4, 0.5) is 0 Å². The Labute approximate surface area is 120 Å². The molecule has 0 aliphatic heterocycles. The predicted molar refractivity (Wildman–Crippen MR) is 78.1 cm³/mol. The number of amides is 1. The van der Waals surface area contributed by atoms with Crippen LogP contribution in [0, 0.1) is 5.92 Å². The Morgan fingerprint density at radius 1 is 1.40 bits per heavy atom. The molecule has 0 aromatic heterocycles. The lowest BCUT2D eigenvalue weighted by Gasteiger charge is -2.20. The monoisotopic (exact) mass is 277 g/mol. The van der Waals surface area contributed by atoms with E-state index in [1.54, 1.807) is 13.2 Å². The second-order valence-electron chi connectivity index (χ2n) is 5.19. The van der Waals surface area contributed by atoms with Crippen LogP contribution in [-0.4, -0.2) is 32.3 Å². The van der Waals surface area contributed by atoms with Crippen molar-refractivity contribution in [2.45, 2.75) is 32.2 Å². The van der Waals surface area contributed by atoms with Gasteiger partial charge in [0.25, 0.3) is 5.91 Å². The zero-order valence-corrected chi connectivity index (χ0v) is 12.2. The number of hydrogen-bond acceptors (Lipinski definition) is 3. The molecule has 0 unspecified atom stereocenters. The lowest BCUT2D eigenvalue weighted by molar-refractivity contribution is 0.0898. The number of benzene rings is 1. The van der Waals surface area contributed by atoms with Crippen LogP contribution in [0.5, 0.6) is 5.75 Å². The van der Waals surface area contributed by atoms with E-state index < -0.39 is 0 Å². The fourth-order valence-corrected chi connectivity index (χ4v) is 2.79. The summed E-state index contributed by atoms with van der Waals surface area (Å²) in [6.07, 6.45) is 3.31. The third kappa shape index (κ3) is 3.73. The molecule has 20 heavy (non-hydrogen) atoms. The average Bonchev–Trinajstić information content (AvgIpc) is 2.87. The fraction of sp³-hybridized carbons (Fsp3) is 0.562. The van der Waals surface area contributed by atoms with Gasteiger partial charge in [-0.2, -0.15) is 0 Å². The molecule has 4 nitrogen and oxygen atoms in total. The molecule has 1 aromatic rings. The molecule has 2 rings (SSSR count). The van der Waals surface area contributed by atoms with Gasteiger partial charge in [-0.05, 0) is 38.0 Å². The zero-order chi connectivity index (χ0) is 14.4. The van der Waals surface area contributed by atoms with Crippen molar-refractivity contribution in [2.75, 3.05) is 20.3 Å². The molecule has 1 N–H and O–H groups in total. The summed E-state index contributed by atoms with van der Waals surface area (Å²) in [7, 11) is 1.71. The fourth-order valence-electron chi connectivity index (χ4n) is 2.79. The van der Waals surface area contributed by atoms with Crippen LogP contribution < -0.4 is 10.1 Å². The smallest absolute Gasteiger partial charge is 0.251 e. The van der Waals surface area contributed by atoms with Gasteiger partial charge < -0.3 is 14.8 Å². The van der Waals surface area contributed by atoms with E-state index >= 15 is 0 Å². The van der Waals surface area contributed by atoms with Gasteiger partial charge in [0.05, 0.1) is 13.2 Å². The lowest BCUT2D eigenvalue weighted by atomic mass is 10.0. The summed E-state index contributed by atoms with van der Waals surface area (Å²) in [5.74, 6) is 1.14. The average molecular weight is 277 g/mol. The van der Waals surface area contributed by atoms with Crippen LogP contribution in [0.1, 0.15) is 36.5 Å². The molecule has 1 aromatic carbocycles. The molecule has 0 spiro atoms. The van der Waals surface area contributed by atoms with E-state index in [9.17, 15) is 4.79 Å². The van der Waals surface area contributed by atoms with Crippen LogP contribution in [0.15, 0.2) is 24.3 Å². The second kappa shape index (κ2) is 7.29. The van der Waals surface area contributed by atoms with Gasteiger partial charge in [0, 0.05) is 24.6 Å². The molecule has 1 saturated carbocycles. The number of ether oxygens (including phenoxy) is 2. The van der Waals surface area contributed by atoms with Crippen molar-refractivity contribution in [3.05, 3.63) is 29.8 Å². The number of methoxy groups -OCH3 is 1. The molecule has 0 heterocycles. The lowest BCUT2D eigenvalue weighted by Crippen LogP contribution is -2.38. The van der Waals surface area contributed by atoms with Gasteiger partial charge in [0.15, 0.2) is 0 Å². The summed E-state index contributed by atoms with van der Waals surface area (Å²) in [5, 5.41) is 3.12. The SMILES string of the molecule is CCOc1cccc(C(=O)N[C@H]2CCC[C@H]2COC)c1. The summed E-state index contributed by atoms with van der Waals surface area (Å²) in [5.41, 5.74) is 0.652. The highest BCUT2D eigenvalue weighted by Gasteiger charge is 2.28. The Morgan fingerprint density at radius 2 is 2.25 bits per heavy atom. The van der Waals surface area contributed by atoms with Gasteiger partial charge in [-0.25, -0.2) is 0 Å². The molecule has 110 valence electrons. The van der Waals surface area contributed by atoms with Crippen LogP contribution >= 0.6 is 0 Å². The van der Waals surface area contributed by atoms with E-state index in [4.69, 9.17) is 9.47 Å². The van der Waals surface area contributed by atoms with E-state index in [2.05, 4.69) is 5.32 Å². The molecule has 1 aliphatic carbocycles. The molecule has 0 saturated heterocycles. The zero-order valence-electron chi connectivity index (χ0n) is 12.2. The maximum atomic E-state index is 12.3. The summed E-state index contributed by atoms with van der Waals surface area (Å²) in [6.45, 7) is 3.24. The topological polar surface area (TPSA) is 47.6 Å². The maximum Gasteiger partial charge on any atom is 0.251 e. The second-order valence-corrected chi connectivity index (χ2v) is 5.19. The van der Waals surface area contributed by atoms with Gasteiger partial charge in [-0.15, -0.1) is 0 Å². The Kier molecular flexibility index (Phi) is 5.41. The van der Waals surface area contributed by atoms with E-state index in [0.717, 1.165) is 25.0 Å². The van der Waals surface area contributed by atoms with E-state index in [-0.39, 0.29) is 11.9 Å². The molecule has 2 atom stereocenters. The molecule has 1 amide bonds. The largest absolute Gasteiger partial charge is 0.494 e. The van der Waals surface area contributed by atoms with Crippen LogP contribution in [-0.2, 0) is 4.74 Å². The third-order valence-electron chi connectivity index (χ3n) is 3.76.